The molecule has 1 saturated heterocycles. The lowest BCUT2D eigenvalue weighted by atomic mass is 10.1. The minimum Gasteiger partial charge on any atom is -0.481 e. The number of nitrogens with zero attached hydrogens (tertiary/aromatic N) is 7. The lowest BCUT2D eigenvalue weighted by Crippen LogP contribution is -2.44. The average Bonchev–Trinajstić information content (AvgIpc) is 3.46. The molecule has 0 radical (unpaired) electrons. The van der Waals surface area contributed by atoms with E-state index < -0.39 is 17.2 Å². The van der Waals surface area contributed by atoms with Gasteiger partial charge >= 0.3 is 11.7 Å². The van der Waals surface area contributed by atoms with Gasteiger partial charge in [0.05, 0.1) is 18.6 Å². The molecule has 4 aromatic rings. The zero-order valence-corrected chi connectivity index (χ0v) is 28.5. The number of para-hydroxylation sites is 1. The number of anilines is 1. The Labute approximate surface area is 281 Å². The van der Waals surface area contributed by atoms with Crippen molar-refractivity contribution in [1.82, 2.24) is 28.7 Å². The third-order valence-electron chi connectivity index (χ3n) is 8.56. The smallest absolute Gasteiger partial charge is 0.332 e. The third kappa shape index (κ3) is 8.98. The van der Waals surface area contributed by atoms with Crippen LogP contribution in [0.3, 0.4) is 0 Å². The number of imidazole rings is 1. The number of rotatable bonds is 13. The maximum atomic E-state index is 13.7. The molecule has 5 rings (SSSR count). The van der Waals surface area contributed by atoms with Gasteiger partial charge in [0.25, 0.3) is 5.56 Å². The molecule has 0 bridgehead atoms. The Bertz CT molecular complexity index is 1910. The Morgan fingerprint density at radius 1 is 1.08 bits per heavy atom. The number of fused-ring (bicyclic) bond motifs is 2. The van der Waals surface area contributed by atoms with Crippen molar-refractivity contribution in [3.05, 3.63) is 69.3 Å². The van der Waals surface area contributed by atoms with Crippen molar-refractivity contribution >= 4 is 34.0 Å². The molecule has 3 aromatic heterocycles. The van der Waals surface area contributed by atoms with Gasteiger partial charge < -0.3 is 15.7 Å². The Kier molecular flexibility index (Phi) is 13.1. The first kappa shape index (κ1) is 36.1. The van der Waals surface area contributed by atoms with Crippen molar-refractivity contribution in [2.24, 2.45) is 12.8 Å². The number of aryl methyl sites for hydroxylation is 2. The summed E-state index contributed by atoms with van der Waals surface area (Å²) < 4.78 is 4.39. The SMILES string of the molecule is C=CCCCCCCCCC(=O)O.CC#CCn1c(N2CCC[C@@H](N)C2)nc2c1c(=O)n(Cc1nc(C)c3ccccc3n1)c(=O)n2C. The molecule has 12 nitrogen and oxygen atoms in total. The van der Waals surface area contributed by atoms with Gasteiger partial charge in [-0.3, -0.25) is 23.3 Å². The number of allylic oxidation sites excluding steroid dienone is 1. The number of carboxylic acids is 1. The van der Waals surface area contributed by atoms with E-state index in [2.05, 4.69) is 33.3 Å². The zero-order chi connectivity index (χ0) is 34.6. The molecular weight excluding hydrogens is 608 g/mol. The van der Waals surface area contributed by atoms with Crippen LogP contribution in [0.4, 0.5) is 5.95 Å². The van der Waals surface area contributed by atoms with Crippen LogP contribution in [-0.2, 0) is 24.9 Å². The second-order valence-electron chi connectivity index (χ2n) is 12.3. The van der Waals surface area contributed by atoms with Gasteiger partial charge in [-0.05, 0) is 52.0 Å². The number of unbranched alkanes of at least 4 members (excludes halogenated alkanes) is 6. The van der Waals surface area contributed by atoms with E-state index in [0.717, 1.165) is 55.2 Å². The Balaban J connectivity index is 0.000000341. The summed E-state index contributed by atoms with van der Waals surface area (Å²) in [6, 6.07) is 7.71. The minimum absolute atomic E-state index is 0.0306. The second-order valence-corrected chi connectivity index (χ2v) is 12.3. The molecule has 0 amide bonds. The summed E-state index contributed by atoms with van der Waals surface area (Å²) in [5.41, 5.74) is 7.54. The number of carbonyl (C=O) groups is 1. The zero-order valence-electron chi connectivity index (χ0n) is 28.5. The van der Waals surface area contributed by atoms with Gasteiger partial charge in [0.2, 0.25) is 5.95 Å². The number of hydrogen-bond donors (Lipinski definition) is 2. The van der Waals surface area contributed by atoms with Crippen LogP contribution >= 0.6 is 0 Å². The Morgan fingerprint density at radius 2 is 1.81 bits per heavy atom. The van der Waals surface area contributed by atoms with Crippen LogP contribution in [0.1, 0.15) is 82.7 Å². The molecule has 12 heteroatoms. The van der Waals surface area contributed by atoms with Crippen molar-refractivity contribution in [3.63, 3.8) is 0 Å². The summed E-state index contributed by atoms with van der Waals surface area (Å²) >= 11 is 0. The van der Waals surface area contributed by atoms with Gasteiger partial charge in [0, 0.05) is 43.7 Å². The van der Waals surface area contributed by atoms with E-state index in [0.29, 0.717) is 35.9 Å². The molecule has 3 N–H and O–H groups in total. The van der Waals surface area contributed by atoms with Crippen LogP contribution in [-0.4, -0.2) is 58.9 Å². The first-order valence-corrected chi connectivity index (χ1v) is 16.8. The largest absolute Gasteiger partial charge is 0.481 e. The first-order chi connectivity index (χ1) is 23.2. The van der Waals surface area contributed by atoms with Crippen LogP contribution in [0.5, 0.6) is 0 Å². The quantitative estimate of drug-likeness (QED) is 0.120. The highest BCUT2D eigenvalue weighted by Gasteiger charge is 2.26. The molecule has 1 aromatic carbocycles. The monoisotopic (exact) mass is 656 g/mol. The molecule has 4 heterocycles. The molecular formula is C36H48N8O4. The molecule has 1 atom stereocenters. The summed E-state index contributed by atoms with van der Waals surface area (Å²) in [6.07, 6.45) is 12.0. The maximum absolute atomic E-state index is 13.7. The first-order valence-electron chi connectivity index (χ1n) is 16.8. The van der Waals surface area contributed by atoms with E-state index in [-0.39, 0.29) is 19.1 Å². The molecule has 0 spiro atoms. The van der Waals surface area contributed by atoms with E-state index in [4.69, 9.17) is 15.8 Å². The number of aromatic nitrogens is 6. The number of hydrogen-bond acceptors (Lipinski definition) is 8. The highest BCUT2D eigenvalue weighted by molar-refractivity contribution is 5.80. The number of piperidine rings is 1. The van der Waals surface area contributed by atoms with Gasteiger partial charge in [-0.2, -0.15) is 4.98 Å². The van der Waals surface area contributed by atoms with E-state index in [1.165, 1.54) is 34.8 Å². The predicted molar refractivity (Wildman–Crippen MR) is 190 cm³/mol. The highest BCUT2D eigenvalue weighted by atomic mass is 16.4. The fourth-order valence-electron chi connectivity index (χ4n) is 6.02. The van der Waals surface area contributed by atoms with Crippen LogP contribution in [0, 0.1) is 18.8 Å². The fourth-order valence-corrected chi connectivity index (χ4v) is 6.02. The van der Waals surface area contributed by atoms with E-state index in [1.807, 2.05) is 37.3 Å². The minimum atomic E-state index is -0.674. The lowest BCUT2D eigenvalue weighted by molar-refractivity contribution is -0.137. The number of carboxylic acid groups (broad SMARTS) is 1. The normalized spacial score (nSPS) is 14.3. The number of aliphatic carboxylic acids is 1. The van der Waals surface area contributed by atoms with Gasteiger partial charge in [-0.25, -0.2) is 14.8 Å². The summed E-state index contributed by atoms with van der Waals surface area (Å²) in [7, 11) is 1.63. The fraction of sp³-hybridized carbons (Fsp3) is 0.500. The van der Waals surface area contributed by atoms with Gasteiger partial charge in [0.15, 0.2) is 11.2 Å². The maximum Gasteiger partial charge on any atom is 0.332 e. The topological polar surface area (TPSA) is 154 Å². The van der Waals surface area contributed by atoms with Crippen molar-refractivity contribution in [2.75, 3.05) is 18.0 Å². The summed E-state index contributed by atoms with van der Waals surface area (Å²) in [4.78, 5) is 53.2. The molecule has 256 valence electrons. The molecule has 0 saturated carbocycles. The number of nitrogens with two attached hydrogens (primary N) is 1. The van der Waals surface area contributed by atoms with Crippen molar-refractivity contribution in [1.29, 1.82) is 0 Å². The van der Waals surface area contributed by atoms with E-state index in [1.54, 1.807) is 18.5 Å². The van der Waals surface area contributed by atoms with Gasteiger partial charge in [0.1, 0.15) is 5.82 Å². The van der Waals surface area contributed by atoms with Crippen LogP contribution in [0.15, 0.2) is 46.5 Å². The van der Waals surface area contributed by atoms with Crippen LogP contribution < -0.4 is 21.9 Å². The number of benzene rings is 1. The summed E-state index contributed by atoms with van der Waals surface area (Å²) in [5, 5.41) is 9.31. The predicted octanol–water partition coefficient (Wildman–Crippen LogP) is 4.53. The summed E-state index contributed by atoms with van der Waals surface area (Å²) in [5.74, 6) is 6.28. The molecule has 0 unspecified atom stereocenters. The van der Waals surface area contributed by atoms with Crippen molar-refractivity contribution < 1.29 is 9.90 Å². The van der Waals surface area contributed by atoms with Gasteiger partial charge in [-0.15, -0.1) is 12.5 Å². The third-order valence-corrected chi connectivity index (χ3v) is 8.56. The molecule has 1 aliphatic heterocycles. The van der Waals surface area contributed by atoms with E-state index in [9.17, 15) is 14.4 Å². The summed E-state index contributed by atoms with van der Waals surface area (Å²) in [6.45, 7) is 8.97. The molecule has 1 fully saturated rings. The van der Waals surface area contributed by atoms with Crippen molar-refractivity contribution in [2.45, 2.75) is 97.2 Å². The van der Waals surface area contributed by atoms with Crippen LogP contribution in [0.2, 0.25) is 0 Å². The molecule has 48 heavy (non-hydrogen) atoms. The van der Waals surface area contributed by atoms with Gasteiger partial charge in [-0.1, -0.05) is 55.9 Å². The van der Waals surface area contributed by atoms with Crippen molar-refractivity contribution in [3.8, 4) is 11.8 Å². The molecule has 1 aliphatic rings. The standard InChI is InChI=1S/C25H28N8O2.C11H20O2/c1-4-5-13-32-21-22(29-24(32)31-12-8-9-17(26)14-31)30(3)25(35)33(23(21)34)15-20-27-16(2)18-10-6-7-11-19(18)28-20;1-2-3-4-5-6-7-8-9-10-11(12)13/h6-7,10-11,17H,8-9,12-15,26H2,1-3H3;2H,1,3-10H2,(H,12,13)/t17-;/m1./s1. The molecule has 0 aliphatic carbocycles. The lowest BCUT2D eigenvalue weighted by Gasteiger charge is -2.31. The Hall–Kier alpha value is -4.76. The van der Waals surface area contributed by atoms with Crippen LogP contribution in [0.25, 0.3) is 22.1 Å². The Morgan fingerprint density at radius 3 is 2.52 bits per heavy atom. The highest BCUT2D eigenvalue weighted by Crippen LogP contribution is 2.23. The second kappa shape index (κ2) is 17.4. The average molecular weight is 657 g/mol. The van der Waals surface area contributed by atoms with E-state index >= 15 is 0 Å².